The molecule has 0 bridgehead atoms. The van der Waals surface area contributed by atoms with Crippen molar-refractivity contribution in [3.63, 3.8) is 0 Å². The summed E-state index contributed by atoms with van der Waals surface area (Å²) in [5, 5.41) is 25.0. The van der Waals surface area contributed by atoms with Crippen LogP contribution in [0.1, 0.15) is 30.3 Å². The molecule has 9 nitrogen and oxygen atoms in total. The Kier molecular flexibility index (Phi) is 10.3. The summed E-state index contributed by atoms with van der Waals surface area (Å²) in [4.78, 5) is 20.3. The number of rotatable bonds is 11. The number of halogens is 3. The fourth-order valence-electron chi connectivity index (χ4n) is 5.86. The highest BCUT2D eigenvalue weighted by Gasteiger charge is 2.40. The molecule has 3 heterocycles. The summed E-state index contributed by atoms with van der Waals surface area (Å²) >= 11 is 0. The van der Waals surface area contributed by atoms with Gasteiger partial charge in [0.1, 0.15) is 23.6 Å². The lowest BCUT2D eigenvalue weighted by Gasteiger charge is -2.40. The van der Waals surface area contributed by atoms with Crippen molar-refractivity contribution >= 4 is 6.03 Å². The number of aliphatic hydroxyl groups is 2. The number of amides is 2. The van der Waals surface area contributed by atoms with Crippen LogP contribution in [0.25, 0.3) is 11.3 Å². The van der Waals surface area contributed by atoms with E-state index in [2.05, 4.69) is 10.6 Å². The fourth-order valence-corrected chi connectivity index (χ4v) is 5.86. The number of aromatic nitrogens is 2. The quantitative estimate of drug-likeness (QED) is 0.269. The van der Waals surface area contributed by atoms with Gasteiger partial charge in [0.2, 0.25) is 0 Å². The average molecular weight is 602 g/mol. The maximum absolute atomic E-state index is 15.0. The van der Waals surface area contributed by atoms with Gasteiger partial charge >= 0.3 is 6.03 Å². The third-order valence-electron chi connectivity index (χ3n) is 8.17. The van der Waals surface area contributed by atoms with Crippen molar-refractivity contribution in [1.82, 2.24) is 25.1 Å². The summed E-state index contributed by atoms with van der Waals surface area (Å²) in [6.45, 7) is 1.14. The first-order valence-corrected chi connectivity index (χ1v) is 14.7. The number of benzene rings is 2. The molecule has 0 radical (unpaired) electrons. The number of hydrogen-bond donors (Lipinski definition) is 4. The smallest absolute Gasteiger partial charge is 0.318 e. The minimum atomic E-state index is -1.17. The number of carbonyl (C=O) groups excluding carboxylic acids is 1. The minimum Gasteiger partial charge on any atom is -0.394 e. The monoisotopic (exact) mass is 601 g/mol. The first kappa shape index (κ1) is 31.0. The maximum atomic E-state index is 15.0. The highest BCUT2D eigenvalue weighted by Crippen LogP contribution is 2.38. The highest BCUT2D eigenvalue weighted by molar-refractivity contribution is 5.75. The Morgan fingerprint density at radius 1 is 1.16 bits per heavy atom. The van der Waals surface area contributed by atoms with Crippen LogP contribution >= 0.6 is 0 Å². The fraction of sp³-hybridized carbons (Fsp3) is 0.484. The molecule has 2 amide bonds. The molecule has 4 atom stereocenters. The van der Waals surface area contributed by atoms with E-state index in [0.717, 1.165) is 23.8 Å². The van der Waals surface area contributed by atoms with E-state index in [1.165, 1.54) is 0 Å². The van der Waals surface area contributed by atoms with Crippen LogP contribution in [0, 0.1) is 23.5 Å². The Labute approximate surface area is 248 Å². The number of hydrogen-bond acceptors (Lipinski definition) is 6. The summed E-state index contributed by atoms with van der Waals surface area (Å²) in [7, 11) is 0. The zero-order valence-electron chi connectivity index (χ0n) is 23.8. The number of urea groups is 1. The van der Waals surface area contributed by atoms with E-state index < -0.39 is 48.5 Å². The second-order valence-electron chi connectivity index (χ2n) is 11.2. The van der Waals surface area contributed by atoms with Gasteiger partial charge in [-0.1, -0.05) is 30.3 Å². The Morgan fingerprint density at radius 3 is 2.63 bits per heavy atom. The van der Waals surface area contributed by atoms with Gasteiger partial charge in [0, 0.05) is 63.6 Å². The molecule has 3 aromatic rings. The van der Waals surface area contributed by atoms with E-state index in [0.29, 0.717) is 45.0 Å². The van der Waals surface area contributed by atoms with Crippen molar-refractivity contribution < 1.29 is 32.9 Å². The molecular weight excluding hydrogens is 563 g/mol. The number of alkyl halides is 1. The first-order chi connectivity index (χ1) is 20.8. The number of nitrogens with zero attached hydrogens (tertiary/aromatic N) is 3. The van der Waals surface area contributed by atoms with Gasteiger partial charge in [-0.3, -0.25) is 0 Å². The van der Waals surface area contributed by atoms with E-state index in [9.17, 15) is 28.2 Å². The molecule has 0 unspecified atom stereocenters. The van der Waals surface area contributed by atoms with Crippen molar-refractivity contribution in [3.05, 3.63) is 77.8 Å². The number of carbonyl (C=O) groups is 1. The van der Waals surface area contributed by atoms with E-state index >= 15 is 0 Å². The van der Waals surface area contributed by atoms with E-state index in [4.69, 9.17) is 9.72 Å². The van der Waals surface area contributed by atoms with Crippen molar-refractivity contribution in [2.45, 2.75) is 37.7 Å². The normalized spacial score (nSPS) is 20.6. The lowest BCUT2D eigenvalue weighted by atomic mass is 9.89. The van der Waals surface area contributed by atoms with Crippen LogP contribution in [0.15, 0.2) is 54.7 Å². The van der Waals surface area contributed by atoms with Gasteiger partial charge in [0.15, 0.2) is 0 Å². The Bertz CT molecular complexity index is 1350. The van der Waals surface area contributed by atoms with Crippen molar-refractivity contribution in [3.8, 4) is 11.3 Å². The van der Waals surface area contributed by atoms with Crippen LogP contribution < -0.4 is 10.6 Å². The van der Waals surface area contributed by atoms with Crippen LogP contribution in [0.5, 0.6) is 0 Å². The molecule has 232 valence electrons. The zero-order chi connectivity index (χ0) is 30.3. The number of aliphatic hydroxyl groups excluding tert-OH is 2. The summed E-state index contributed by atoms with van der Waals surface area (Å²) < 4.78 is 51.7. The number of imidazole rings is 1. The van der Waals surface area contributed by atoms with Crippen molar-refractivity contribution in [1.29, 1.82) is 0 Å². The predicted octanol–water partition coefficient (Wildman–Crippen LogP) is 3.27. The molecule has 43 heavy (non-hydrogen) atoms. The van der Waals surface area contributed by atoms with Crippen LogP contribution in [-0.4, -0.2) is 89.0 Å². The zero-order valence-corrected chi connectivity index (χ0v) is 23.8. The lowest BCUT2D eigenvalue weighted by Crippen LogP contribution is -2.50. The van der Waals surface area contributed by atoms with Crippen LogP contribution in [-0.2, 0) is 11.3 Å². The second-order valence-corrected chi connectivity index (χ2v) is 11.2. The molecule has 0 spiro atoms. The number of ether oxygens (including phenoxy) is 1. The summed E-state index contributed by atoms with van der Waals surface area (Å²) in [5.41, 5.74) is 1.13. The SMILES string of the molecule is O=C(NC[C@H](O)CO)N(C[C@@H]1CNC[C@@H]1F)[C@@H](c1nc(-c2cc(F)ccc2F)cn1Cc1ccccc1)C1CCOCC1. The maximum Gasteiger partial charge on any atom is 0.318 e. The minimum absolute atomic E-state index is 0.00956. The van der Waals surface area contributed by atoms with Gasteiger partial charge in [0.05, 0.1) is 24.4 Å². The van der Waals surface area contributed by atoms with E-state index in [-0.39, 0.29) is 36.8 Å². The predicted molar refractivity (Wildman–Crippen MR) is 154 cm³/mol. The molecule has 4 N–H and O–H groups in total. The van der Waals surface area contributed by atoms with Gasteiger partial charge in [-0.05, 0) is 42.5 Å². The Hall–Kier alpha value is -3.45. The average Bonchev–Trinajstić information content (AvgIpc) is 3.63. The molecular formula is C31H38F3N5O4. The molecule has 0 aliphatic carbocycles. The molecule has 2 saturated heterocycles. The van der Waals surface area contributed by atoms with Gasteiger partial charge in [-0.25, -0.2) is 22.9 Å². The topological polar surface area (TPSA) is 112 Å². The second kappa shape index (κ2) is 14.3. The highest BCUT2D eigenvalue weighted by atomic mass is 19.1. The van der Waals surface area contributed by atoms with Gasteiger partial charge in [-0.2, -0.15) is 0 Å². The lowest BCUT2D eigenvalue weighted by molar-refractivity contribution is 0.0249. The summed E-state index contributed by atoms with van der Waals surface area (Å²) in [5.74, 6) is -1.42. The first-order valence-electron chi connectivity index (χ1n) is 14.7. The van der Waals surface area contributed by atoms with Crippen molar-refractivity contribution in [2.24, 2.45) is 11.8 Å². The third-order valence-corrected chi connectivity index (χ3v) is 8.17. The summed E-state index contributed by atoms with van der Waals surface area (Å²) in [6, 6.07) is 11.5. The van der Waals surface area contributed by atoms with Crippen molar-refractivity contribution in [2.75, 3.05) is 46.0 Å². The van der Waals surface area contributed by atoms with E-state index in [1.54, 1.807) is 11.1 Å². The molecule has 2 aliphatic rings. The van der Waals surface area contributed by atoms with Gasteiger partial charge in [-0.15, -0.1) is 0 Å². The molecule has 2 aliphatic heterocycles. The van der Waals surface area contributed by atoms with E-state index in [1.807, 2.05) is 34.9 Å². The molecule has 5 rings (SSSR count). The number of nitrogens with one attached hydrogen (secondary N) is 2. The van der Waals surface area contributed by atoms with Gasteiger partial charge in [0.25, 0.3) is 0 Å². The molecule has 0 saturated carbocycles. The molecule has 2 fully saturated rings. The summed E-state index contributed by atoms with van der Waals surface area (Å²) in [6.07, 6.45) is 0.508. The Morgan fingerprint density at radius 2 is 1.93 bits per heavy atom. The Balaban J connectivity index is 1.62. The van der Waals surface area contributed by atoms with Gasteiger partial charge < -0.3 is 35.1 Å². The largest absolute Gasteiger partial charge is 0.394 e. The molecule has 2 aromatic carbocycles. The van der Waals surface area contributed by atoms with Crippen LogP contribution in [0.4, 0.5) is 18.0 Å². The molecule has 12 heteroatoms. The third kappa shape index (κ3) is 7.56. The molecule has 1 aromatic heterocycles. The van der Waals surface area contributed by atoms with Crippen LogP contribution in [0.3, 0.4) is 0 Å². The standard InChI is InChI=1S/C31H38F3N5O4/c32-23-6-7-26(33)25(12-23)28-18-38(16-20-4-2-1-3-5-20)30(37-28)29(21-8-10-43-11-9-21)39(17-22-13-35-15-27(22)34)31(42)36-14-24(41)19-40/h1-7,12,18,21-22,24,27,29,35,40-41H,8-11,13-17,19H2,(H,36,42)/t22-,24-,27-,29+/m0/s1. The van der Waals surface area contributed by atoms with Crippen LogP contribution in [0.2, 0.25) is 0 Å².